The summed E-state index contributed by atoms with van der Waals surface area (Å²) in [5.41, 5.74) is 0. The third kappa shape index (κ3) is 3.77. The quantitative estimate of drug-likeness (QED) is 0.810. The predicted molar refractivity (Wildman–Crippen MR) is 70.6 cm³/mol. The molecule has 0 unspecified atom stereocenters. The van der Waals surface area contributed by atoms with E-state index in [0.29, 0.717) is 11.6 Å². The van der Waals surface area contributed by atoms with Crippen LogP contribution in [0.25, 0.3) is 0 Å². The van der Waals surface area contributed by atoms with Crippen molar-refractivity contribution in [1.29, 1.82) is 0 Å². The van der Waals surface area contributed by atoms with Crippen LogP contribution in [0, 0.1) is 0 Å². The summed E-state index contributed by atoms with van der Waals surface area (Å²) in [5, 5.41) is 13.3. The number of unbranched alkanes of at least 4 members (excludes halogenated alkanes) is 1. The van der Waals surface area contributed by atoms with Gasteiger partial charge in [-0.05, 0) is 24.6 Å². The molecule has 1 heterocycles. The standard InChI is InChI=1S/C13H16N2O2S/c1-2-3-7-12-14-13(17-15-12)9-18-11-6-4-5-10(16)8-11/h4-6,8,16H,2-3,7,9H2,1H3. The Balaban J connectivity index is 1.88. The molecule has 0 aliphatic rings. The first-order valence-corrected chi connectivity index (χ1v) is 7.00. The molecule has 0 fully saturated rings. The number of rotatable bonds is 6. The zero-order valence-electron chi connectivity index (χ0n) is 10.3. The molecule has 0 aliphatic heterocycles. The van der Waals surface area contributed by atoms with Crippen LogP contribution >= 0.6 is 11.8 Å². The first-order chi connectivity index (χ1) is 8.78. The summed E-state index contributed by atoms with van der Waals surface area (Å²) in [6.07, 6.45) is 3.08. The first-order valence-electron chi connectivity index (χ1n) is 6.01. The van der Waals surface area contributed by atoms with E-state index in [1.165, 1.54) is 0 Å². The largest absolute Gasteiger partial charge is 0.508 e. The lowest BCUT2D eigenvalue weighted by Crippen LogP contribution is -1.88. The van der Waals surface area contributed by atoms with E-state index in [-0.39, 0.29) is 5.75 Å². The molecule has 2 rings (SSSR count). The van der Waals surface area contributed by atoms with E-state index in [1.807, 2.05) is 12.1 Å². The van der Waals surface area contributed by atoms with Gasteiger partial charge >= 0.3 is 0 Å². The summed E-state index contributed by atoms with van der Waals surface area (Å²) in [6, 6.07) is 7.13. The van der Waals surface area contributed by atoms with Crippen LogP contribution in [-0.4, -0.2) is 15.2 Å². The van der Waals surface area contributed by atoms with Gasteiger partial charge in [0.05, 0.1) is 5.75 Å². The predicted octanol–water partition coefficient (Wildman–Crippen LogP) is 3.41. The zero-order valence-corrected chi connectivity index (χ0v) is 11.1. The van der Waals surface area contributed by atoms with Gasteiger partial charge in [0.15, 0.2) is 5.82 Å². The molecule has 0 amide bonds. The average molecular weight is 264 g/mol. The molecular weight excluding hydrogens is 248 g/mol. The van der Waals surface area contributed by atoms with Gasteiger partial charge in [0.2, 0.25) is 5.89 Å². The molecule has 2 aromatic rings. The molecule has 4 nitrogen and oxygen atoms in total. The van der Waals surface area contributed by atoms with Crippen molar-refractivity contribution in [2.45, 2.75) is 36.8 Å². The number of phenols is 1. The lowest BCUT2D eigenvalue weighted by molar-refractivity contribution is 0.384. The molecule has 96 valence electrons. The van der Waals surface area contributed by atoms with Gasteiger partial charge in [0, 0.05) is 11.3 Å². The minimum atomic E-state index is 0.272. The van der Waals surface area contributed by atoms with Crippen molar-refractivity contribution in [3.8, 4) is 5.75 Å². The van der Waals surface area contributed by atoms with Gasteiger partial charge < -0.3 is 9.63 Å². The monoisotopic (exact) mass is 264 g/mol. The maximum atomic E-state index is 9.35. The van der Waals surface area contributed by atoms with Crippen LogP contribution in [0.5, 0.6) is 5.75 Å². The Morgan fingerprint density at radius 1 is 1.39 bits per heavy atom. The minimum Gasteiger partial charge on any atom is -0.508 e. The van der Waals surface area contributed by atoms with Crippen LogP contribution in [0.1, 0.15) is 31.5 Å². The Labute approximate surface area is 110 Å². The summed E-state index contributed by atoms with van der Waals surface area (Å²) >= 11 is 1.57. The summed E-state index contributed by atoms with van der Waals surface area (Å²) in [7, 11) is 0. The fourth-order valence-corrected chi connectivity index (χ4v) is 2.29. The first kappa shape index (κ1) is 13.0. The number of benzene rings is 1. The molecule has 5 heteroatoms. The lowest BCUT2D eigenvalue weighted by atomic mass is 10.2. The molecule has 0 radical (unpaired) electrons. The number of aromatic nitrogens is 2. The Morgan fingerprint density at radius 3 is 3.06 bits per heavy atom. The number of aromatic hydroxyl groups is 1. The van der Waals surface area contributed by atoms with Gasteiger partial charge in [0.1, 0.15) is 5.75 Å². The van der Waals surface area contributed by atoms with Crippen molar-refractivity contribution in [3.63, 3.8) is 0 Å². The van der Waals surface area contributed by atoms with Crippen molar-refractivity contribution in [3.05, 3.63) is 36.0 Å². The SMILES string of the molecule is CCCCc1noc(CSc2cccc(O)c2)n1. The highest BCUT2D eigenvalue weighted by molar-refractivity contribution is 7.98. The highest BCUT2D eigenvalue weighted by Crippen LogP contribution is 2.25. The normalized spacial score (nSPS) is 10.7. The highest BCUT2D eigenvalue weighted by atomic mass is 32.2. The van der Waals surface area contributed by atoms with Crippen LogP contribution in [0.3, 0.4) is 0 Å². The molecule has 0 spiro atoms. The lowest BCUT2D eigenvalue weighted by Gasteiger charge is -1.98. The Kier molecular flexibility index (Phi) is 4.64. The number of nitrogens with zero attached hydrogens (tertiary/aromatic N) is 2. The van der Waals surface area contributed by atoms with Crippen LogP contribution in [-0.2, 0) is 12.2 Å². The molecule has 0 atom stereocenters. The minimum absolute atomic E-state index is 0.272. The van der Waals surface area contributed by atoms with Crippen molar-refractivity contribution in [2.75, 3.05) is 0 Å². The number of thioether (sulfide) groups is 1. The Morgan fingerprint density at radius 2 is 2.28 bits per heavy atom. The van der Waals surface area contributed by atoms with E-state index >= 15 is 0 Å². The van der Waals surface area contributed by atoms with Crippen LogP contribution in [0.15, 0.2) is 33.7 Å². The number of aryl methyl sites for hydroxylation is 1. The second-order valence-electron chi connectivity index (χ2n) is 3.99. The summed E-state index contributed by atoms with van der Waals surface area (Å²) in [5.74, 6) is 2.31. The van der Waals surface area contributed by atoms with Crippen molar-refractivity contribution in [2.24, 2.45) is 0 Å². The molecule has 1 aromatic carbocycles. The fraction of sp³-hybridized carbons (Fsp3) is 0.385. The van der Waals surface area contributed by atoms with Gasteiger partial charge in [-0.3, -0.25) is 0 Å². The molecular formula is C13H16N2O2S. The van der Waals surface area contributed by atoms with E-state index in [2.05, 4.69) is 17.1 Å². The smallest absolute Gasteiger partial charge is 0.237 e. The molecule has 0 aliphatic carbocycles. The third-order valence-corrected chi connectivity index (χ3v) is 3.42. The van der Waals surface area contributed by atoms with Gasteiger partial charge in [-0.25, -0.2) is 0 Å². The third-order valence-electron chi connectivity index (χ3n) is 2.44. The van der Waals surface area contributed by atoms with Crippen LogP contribution in [0.4, 0.5) is 0 Å². The summed E-state index contributed by atoms with van der Waals surface area (Å²) in [4.78, 5) is 5.31. The molecule has 0 bridgehead atoms. The average Bonchev–Trinajstić information content (AvgIpc) is 2.82. The summed E-state index contributed by atoms with van der Waals surface area (Å²) in [6.45, 7) is 2.14. The second-order valence-corrected chi connectivity index (χ2v) is 5.04. The van der Waals surface area contributed by atoms with Gasteiger partial charge in [-0.2, -0.15) is 4.98 Å². The number of hydrogen-bond donors (Lipinski definition) is 1. The van der Waals surface area contributed by atoms with E-state index in [9.17, 15) is 5.11 Å². The Bertz CT molecular complexity index is 499. The van der Waals surface area contributed by atoms with Crippen molar-refractivity contribution < 1.29 is 9.63 Å². The Hall–Kier alpha value is -1.49. The maximum absolute atomic E-state index is 9.35. The molecule has 0 saturated carbocycles. The van der Waals surface area contributed by atoms with Crippen molar-refractivity contribution in [1.82, 2.24) is 10.1 Å². The van der Waals surface area contributed by atoms with Crippen molar-refractivity contribution >= 4 is 11.8 Å². The van der Waals surface area contributed by atoms with Gasteiger partial charge in [0.25, 0.3) is 0 Å². The van der Waals surface area contributed by atoms with E-state index in [0.717, 1.165) is 30.0 Å². The topological polar surface area (TPSA) is 59.2 Å². The zero-order chi connectivity index (χ0) is 12.8. The van der Waals surface area contributed by atoms with Crippen LogP contribution in [0.2, 0.25) is 0 Å². The number of hydrogen-bond acceptors (Lipinski definition) is 5. The fourth-order valence-electron chi connectivity index (χ4n) is 1.50. The molecule has 18 heavy (non-hydrogen) atoms. The van der Waals surface area contributed by atoms with Gasteiger partial charge in [-0.15, -0.1) is 11.8 Å². The maximum Gasteiger partial charge on any atom is 0.237 e. The van der Waals surface area contributed by atoms with Crippen LogP contribution < -0.4 is 0 Å². The molecule has 1 aromatic heterocycles. The molecule has 1 N–H and O–H groups in total. The molecule has 0 saturated heterocycles. The second kappa shape index (κ2) is 6.44. The van der Waals surface area contributed by atoms with E-state index in [1.54, 1.807) is 23.9 Å². The van der Waals surface area contributed by atoms with E-state index in [4.69, 9.17) is 4.52 Å². The number of phenolic OH excluding ortho intramolecular Hbond substituents is 1. The highest BCUT2D eigenvalue weighted by Gasteiger charge is 2.06. The van der Waals surface area contributed by atoms with E-state index < -0.39 is 0 Å². The van der Waals surface area contributed by atoms with Gasteiger partial charge in [-0.1, -0.05) is 24.6 Å². The summed E-state index contributed by atoms with van der Waals surface area (Å²) < 4.78 is 5.17.